The fourth-order valence-corrected chi connectivity index (χ4v) is 2.97. The van der Waals surface area contributed by atoms with E-state index in [0.717, 1.165) is 28.9 Å². The summed E-state index contributed by atoms with van der Waals surface area (Å²) in [6.07, 6.45) is 1.11. The number of amides is 1. The Morgan fingerprint density at radius 3 is 2.71 bits per heavy atom. The zero-order valence-corrected chi connectivity index (χ0v) is 14.5. The molecule has 2 aromatic carbocycles. The first kappa shape index (κ1) is 18.3. The van der Waals surface area contributed by atoms with Gasteiger partial charge in [-0.25, -0.2) is 0 Å². The van der Waals surface area contributed by atoms with Crippen LogP contribution in [0, 0.1) is 0 Å². The van der Waals surface area contributed by atoms with E-state index in [2.05, 4.69) is 23.5 Å². The van der Waals surface area contributed by atoms with E-state index in [1.807, 2.05) is 37.3 Å². The van der Waals surface area contributed by atoms with Crippen molar-refractivity contribution >= 4 is 18.3 Å². The summed E-state index contributed by atoms with van der Waals surface area (Å²) in [7, 11) is 0. The molecular formula is C19H23ClN2O2. The highest BCUT2D eigenvalue weighted by Crippen LogP contribution is 2.39. The van der Waals surface area contributed by atoms with Gasteiger partial charge in [-0.2, -0.15) is 0 Å². The first-order chi connectivity index (χ1) is 11.1. The van der Waals surface area contributed by atoms with E-state index < -0.39 is 0 Å². The number of nitrogens with one attached hydrogen (secondary N) is 1. The van der Waals surface area contributed by atoms with Crippen LogP contribution in [-0.4, -0.2) is 18.6 Å². The predicted octanol–water partition coefficient (Wildman–Crippen LogP) is 3.45. The Kier molecular flexibility index (Phi) is 6.23. The van der Waals surface area contributed by atoms with E-state index in [1.54, 1.807) is 0 Å². The van der Waals surface area contributed by atoms with E-state index in [1.165, 1.54) is 0 Å². The number of rotatable bonds is 4. The molecule has 1 aliphatic heterocycles. The van der Waals surface area contributed by atoms with E-state index >= 15 is 0 Å². The van der Waals surface area contributed by atoms with Crippen molar-refractivity contribution in [3.05, 3.63) is 54.1 Å². The fourth-order valence-electron chi connectivity index (χ4n) is 2.97. The molecule has 2 unspecified atom stereocenters. The lowest BCUT2D eigenvalue weighted by Gasteiger charge is -2.28. The molecule has 2 aromatic rings. The maximum absolute atomic E-state index is 12.1. The van der Waals surface area contributed by atoms with Gasteiger partial charge in [0.15, 0.2) is 0 Å². The van der Waals surface area contributed by atoms with Crippen molar-refractivity contribution < 1.29 is 9.53 Å². The second-order valence-corrected chi connectivity index (χ2v) is 6.03. The molecule has 5 heteroatoms. The van der Waals surface area contributed by atoms with Gasteiger partial charge in [-0.1, -0.05) is 48.5 Å². The summed E-state index contributed by atoms with van der Waals surface area (Å²) in [6, 6.07) is 16.1. The van der Waals surface area contributed by atoms with Crippen LogP contribution in [0.3, 0.4) is 0 Å². The highest BCUT2D eigenvalue weighted by Gasteiger charge is 2.25. The smallest absolute Gasteiger partial charge is 0.222 e. The van der Waals surface area contributed by atoms with Crippen molar-refractivity contribution in [1.82, 2.24) is 5.32 Å². The van der Waals surface area contributed by atoms with Gasteiger partial charge in [0.2, 0.25) is 5.91 Å². The second-order valence-electron chi connectivity index (χ2n) is 6.03. The monoisotopic (exact) mass is 346 g/mol. The number of hydrogen-bond acceptors (Lipinski definition) is 3. The number of ether oxygens (including phenoxy) is 1. The molecule has 0 spiro atoms. The molecule has 4 nitrogen and oxygen atoms in total. The van der Waals surface area contributed by atoms with Crippen LogP contribution < -0.4 is 15.8 Å². The first-order valence-corrected chi connectivity index (χ1v) is 8.01. The van der Waals surface area contributed by atoms with E-state index in [4.69, 9.17) is 10.5 Å². The fraction of sp³-hybridized carbons (Fsp3) is 0.316. The number of halogens is 1. The van der Waals surface area contributed by atoms with Gasteiger partial charge < -0.3 is 15.8 Å². The topological polar surface area (TPSA) is 64.4 Å². The van der Waals surface area contributed by atoms with Crippen LogP contribution in [0.25, 0.3) is 11.1 Å². The van der Waals surface area contributed by atoms with Gasteiger partial charge in [0, 0.05) is 30.0 Å². The minimum Gasteiger partial charge on any atom is -0.492 e. The van der Waals surface area contributed by atoms with Crippen molar-refractivity contribution in [2.24, 2.45) is 5.73 Å². The molecule has 1 aliphatic rings. The number of carbonyl (C=O) groups excluding carboxylic acids is 1. The standard InChI is InChI=1S/C19H22N2O2.ClH/c1-13(20)12-18(22)21-17-10-11-23-19-15(8-5-9-16(17)19)14-6-3-2-4-7-14;/h2-9,13,17H,10-12,20H2,1H3,(H,21,22);1H. The number of benzene rings is 2. The molecule has 0 saturated heterocycles. The number of nitrogens with two attached hydrogens (primary N) is 1. The van der Waals surface area contributed by atoms with Crippen LogP contribution in [0.15, 0.2) is 48.5 Å². The number of carbonyl (C=O) groups is 1. The zero-order valence-electron chi connectivity index (χ0n) is 13.7. The summed E-state index contributed by atoms with van der Waals surface area (Å²) in [5.41, 5.74) is 8.93. The predicted molar refractivity (Wildman–Crippen MR) is 98.4 cm³/mol. The Balaban J connectivity index is 0.00000208. The van der Waals surface area contributed by atoms with Crippen LogP contribution >= 0.6 is 12.4 Å². The lowest BCUT2D eigenvalue weighted by atomic mass is 9.94. The van der Waals surface area contributed by atoms with Gasteiger partial charge in [0.1, 0.15) is 5.75 Å². The summed E-state index contributed by atoms with van der Waals surface area (Å²) in [6.45, 7) is 2.44. The molecule has 0 aliphatic carbocycles. The third-order valence-electron chi connectivity index (χ3n) is 4.00. The molecule has 1 heterocycles. The Morgan fingerprint density at radius 1 is 1.25 bits per heavy atom. The van der Waals surface area contributed by atoms with Gasteiger partial charge >= 0.3 is 0 Å². The Morgan fingerprint density at radius 2 is 2.00 bits per heavy atom. The van der Waals surface area contributed by atoms with Crippen LogP contribution in [0.1, 0.15) is 31.4 Å². The van der Waals surface area contributed by atoms with E-state index in [-0.39, 0.29) is 30.4 Å². The molecule has 0 radical (unpaired) electrons. The molecule has 0 aromatic heterocycles. The van der Waals surface area contributed by atoms with Crippen molar-refractivity contribution in [3.8, 4) is 16.9 Å². The van der Waals surface area contributed by atoms with Gasteiger partial charge in [-0.3, -0.25) is 4.79 Å². The summed E-state index contributed by atoms with van der Waals surface area (Å²) in [5.74, 6) is 0.860. The number of hydrogen-bond donors (Lipinski definition) is 2. The van der Waals surface area contributed by atoms with E-state index in [9.17, 15) is 4.79 Å². The first-order valence-electron chi connectivity index (χ1n) is 8.01. The number of fused-ring (bicyclic) bond motifs is 1. The lowest BCUT2D eigenvalue weighted by molar-refractivity contribution is -0.122. The van der Waals surface area contributed by atoms with Crippen molar-refractivity contribution in [1.29, 1.82) is 0 Å². The van der Waals surface area contributed by atoms with Gasteiger partial charge in [-0.05, 0) is 12.5 Å². The number of para-hydroxylation sites is 1. The van der Waals surface area contributed by atoms with Crippen LogP contribution in [-0.2, 0) is 4.79 Å². The third-order valence-corrected chi connectivity index (χ3v) is 4.00. The highest BCUT2D eigenvalue weighted by molar-refractivity contribution is 5.85. The molecule has 1 amide bonds. The minimum atomic E-state index is -0.134. The average molecular weight is 347 g/mol. The zero-order chi connectivity index (χ0) is 16.2. The Labute approximate surface area is 148 Å². The molecule has 128 valence electrons. The van der Waals surface area contributed by atoms with Crippen molar-refractivity contribution in [2.75, 3.05) is 6.61 Å². The SMILES string of the molecule is CC(N)CC(=O)NC1CCOc2c(-c3ccccc3)cccc21.Cl. The average Bonchev–Trinajstić information content (AvgIpc) is 2.55. The van der Waals surface area contributed by atoms with Gasteiger partial charge in [-0.15, -0.1) is 12.4 Å². The summed E-state index contributed by atoms with van der Waals surface area (Å²) in [4.78, 5) is 12.1. The van der Waals surface area contributed by atoms with Crippen LogP contribution in [0.5, 0.6) is 5.75 Å². The Hall–Kier alpha value is -2.04. The molecular weight excluding hydrogens is 324 g/mol. The molecule has 24 heavy (non-hydrogen) atoms. The largest absolute Gasteiger partial charge is 0.492 e. The minimum absolute atomic E-state index is 0. The Bertz CT molecular complexity index is 689. The molecule has 3 N–H and O–H groups in total. The molecule has 0 fully saturated rings. The van der Waals surface area contributed by atoms with Crippen molar-refractivity contribution in [3.63, 3.8) is 0 Å². The van der Waals surface area contributed by atoms with E-state index in [0.29, 0.717) is 13.0 Å². The van der Waals surface area contributed by atoms with Crippen molar-refractivity contribution in [2.45, 2.75) is 31.8 Å². The molecule has 3 rings (SSSR count). The quantitative estimate of drug-likeness (QED) is 0.891. The summed E-state index contributed by atoms with van der Waals surface area (Å²) in [5, 5.41) is 3.09. The van der Waals surface area contributed by atoms with Gasteiger partial charge in [0.25, 0.3) is 0 Å². The van der Waals surface area contributed by atoms with Crippen LogP contribution in [0.2, 0.25) is 0 Å². The normalized spacial score (nSPS) is 17.0. The maximum Gasteiger partial charge on any atom is 0.222 e. The van der Waals surface area contributed by atoms with Gasteiger partial charge in [0.05, 0.1) is 12.6 Å². The molecule has 0 bridgehead atoms. The second kappa shape index (κ2) is 8.18. The summed E-state index contributed by atoms with van der Waals surface area (Å²) >= 11 is 0. The lowest BCUT2D eigenvalue weighted by Crippen LogP contribution is -2.35. The van der Waals surface area contributed by atoms with Crippen LogP contribution in [0.4, 0.5) is 0 Å². The summed E-state index contributed by atoms with van der Waals surface area (Å²) < 4.78 is 5.93. The maximum atomic E-state index is 12.1. The molecule has 2 atom stereocenters. The third kappa shape index (κ3) is 4.08. The highest BCUT2D eigenvalue weighted by atomic mass is 35.5. The molecule has 0 saturated carbocycles.